The molecule has 1 nitrogen and oxygen atoms in total. The van der Waals surface area contributed by atoms with Crippen molar-refractivity contribution in [1.82, 2.24) is 0 Å². The summed E-state index contributed by atoms with van der Waals surface area (Å²) in [6.45, 7) is 1.93. The van der Waals surface area contributed by atoms with Gasteiger partial charge in [0, 0.05) is 5.92 Å². The first-order valence-corrected chi connectivity index (χ1v) is 12.0. The first kappa shape index (κ1) is 23.5. The summed E-state index contributed by atoms with van der Waals surface area (Å²) in [5.41, 5.74) is 0. The summed E-state index contributed by atoms with van der Waals surface area (Å²) >= 11 is 0. The molecule has 0 fully saturated rings. The molecule has 0 saturated carbocycles. The molecule has 31 heavy (non-hydrogen) atoms. The number of fused-ring (bicyclic) bond motifs is 3. The predicted octanol–water partition coefficient (Wildman–Crippen LogP) is 9.17. The highest BCUT2D eigenvalue weighted by Crippen LogP contribution is 2.31. The maximum Gasteiger partial charge on any atom is 0.241 e. The van der Waals surface area contributed by atoms with Gasteiger partial charge in [0.2, 0.25) is 6.36 Å². The fraction of sp³-hybridized carbons (Fsp3) is 0.500. The van der Waals surface area contributed by atoms with E-state index in [1.165, 1.54) is 23.6 Å². The minimum Gasteiger partial charge on any atom is -0.460 e. The van der Waals surface area contributed by atoms with Crippen LogP contribution in [0, 0.1) is 5.92 Å². The average molecular weight is 427 g/mol. The molecular formula is C28H36F2O. The van der Waals surface area contributed by atoms with Crippen molar-refractivity contribution in [2.24, 2.45) is 5.92 Å². The Kier molecular flexibility index (Phi) is 9.58. The van der Waals surface area contributed by atoms with Gasteiger partial charge in [-0.1, -0.05) is 94.3 Å². The first-order valence-electron chi connectivity index (χ1n) is 12.0. The normalized spacial score (nSPS) is 13.5. The van der Waals surface area contributed by atoms with Crippen LogP contribution in [0.25, 0.3) is 21.5 Å². The second-order valence-corrected chi connectivity index (χ2v) is 8.64. The topological polar surface area (TPSA) is 9.23 Å². The van der Waals surface area contributed by atoms with Crippen molar-refractivity contribution < 1.29 is 13.5 Å². The Hall–Kier alpha value is -2.16. The second-order valence-electron chi connectivity index (χ2n) is 8.64. The summed E-state index contributed by atoms with van der Waals surface area (Å²) in [6.07, 6.45) is 8.30. The molecule has 0 aliphatic heterocycles. The zero-order chi connectivity index (χ0) is 21.9. The maximum absolute atomic E-state index is 15.2. The van der Waals surface area contributed by atoms with Gasteiger partial charge >= 0.3 is 0 Å². The van der Waals surface area contributed by atoms with Crippen LogP contribution in [0.5, 0.6) is 5.75 Å². The van der Waals surface area contributed by atoms with E-state index < -0.39 is 6.36 Å². The van der Waals surface area contributed by atoms with E-state index in [0.29, 0.717) is 12.2 Å². The van der Waals surface area contributed by atoms with Gasteiger partial charge in [-0.15, -0.1) is 0 Å². The number of hydrogen-bond acceptors (Lipinski definition) is 1. The quantitative estimate of drug-likeness (QED) is 0.184. The summed E-state index contributed by atoms with van der Waals surface area (Å²) in [7, 11) is 0. The molecule has 3 heteroatoms. The van der Waals surface area contributed by atoms with E-state index >= 15 is 4.39 Å². The SMILES string of the molecule is CCCCCCC(CCCCCCF)C(F)Oc1ccc2c(ccc3ccccc32)c1. The number of benzene rings is 3. The molecule has 0 aliphatic rings. The summed E-state index contributed by atoms with van der Waals surface area (Å²) in [4.78, 5) is 0. The van der Waals surface area contributed by atoms with Crippen molar-refractivity contribution >= 4 is 21.5 Å². The van der Waals surface area contributed by atoms with E-state index in [2.05, 4.69) is 31.2 Å². The van der Waals surface area contributed by atoms with Crippen molar-refractivity contribution in [2.75, 3.05) is 6.67 Å². The molecular weight excluding hydrogens is 390 g/mol. The van der Waals surface area contributed by atoms with Gasteiger partial charge in [-0.2, -0.15) is 0 Å². The third-order valence-electron chi connectivity index (χ3n) is 6.22. The Bertz CT molecular complexity index is 923. The van der Waals surface area contributed by atoms with Gasteiger partial charge < -0.3 is 4.74 Å². The van der Waals surface area contributed by atoms with Crippen molar-refractivity contribution in [1.29, 1.82) is 0 Å². The molecule has 0 bridgehead atoms. The van der Waals surface area contributed by atoms with Crippen LogP contribution in [0.3, 0.4) is 0 Å². The molecule has 0 heterocycles. The molecule has 0 N–H and O–H groups in total. The molecule has 3 aromatic carbocycles. The fourth-order valence-corrected chi connectivity index (χ4v) is 4.38. The lowest BCUT2D eigenvalue weighted by atomic mass is 9.94. The zero-order valence-electron chi connectivity index (χ0n) is 18.8. The Morgan fingerprint density at radius 3 is 2.19 bits per heavy atom. The molecule has 0 aromatic heterocycles. The maximum atomic E-state index is 15.2. The molecule has 0 radical (unpaired) electrons. The molecule has 2 atom stereocenters. The van der Waals surface area contributed by atoms with Crippen molar-refractivity contribution in [3.63, 3.8) is 0 Å². The molecule has 0 amide bonds. The number of rotatable bonds is 14. The Morgan fingerprint density at radius 2 is 1.42 bits per heavy atom. The number of unbranched alkanes of at least 4 members (excludes halogenated alkanes) is 6. The van der Waals surface area contributed by atoms with Crippen LogP contribution in [0.1, 0.15) is 71.1 Å². The zero-order valence-corrected chi connectivity index (χ0v) is 18.8. The van der Waals surface area contributed by atoms with Crippen LogP contribution in [0.15, 0.2) is 54.6 Å². The lowest BCUT2D eigenvalue weighted by molar-refractivity contribution is 0.00332. The number of halogens is 2. The monoisotopic (exact) mass is 426 g/mol. The van der Waals surface area contributed by atoms with E-state index in [-0.39, 0.29) is 12.6 Å². The molecule has 0 saturated heterocycles. The van der Waals surface area contributed by atoms with Crippen molar-refractivity contribution in [3.8, 4) is 5.75 Å². The van der Waals surface area contributed by atoms with Gasteiger partial charge in [0.15, 0.2) is 0 Å². The highest BCUT2D eigenvalue weighted by Gasteiger charge is 2.22. The lowest BCUT2D eigenvalue weighted by Gasteiger charge is -2.22. The van der Waals surface area contributed by atoms with E-state index in [4.69, 9.17) is 4.74 Å². The average Bonchev–Trinajstić information content (AvgIpc) is 2.80. The fourth-order valence-electron chi connectivity index (χ4n) is 4.38. The standard InChI is InChI=1S/C28H36F2O/c1-2-3-4-7-13-23(14-8-5-6-11-20-29)28(30)31-25-18-19-27-24(21-25)17-16-22-12-9-10-15-26(22)27/h9-10,12,15-19,21,23,28H,2-8,11,13-14,20H2,1H3. The highest BCUT2D eigenvalue weighted by atomic mass is 19.1. The van der Waals surface area contributed by atoms with Crippen LogP contribution >= 0.6 is 0 Å². The van der Waals surface area contributed by atoms with Crippen molar-refractivity contribution in [3.05, 3.63) is 54.6 Å². The Labute approximate surface area is 185 Å². The molecule has 2 unspecified atom stereocenters. The van der Waals surface area contributed by atoms with Crippen LogP contribution in [0.4, 0.5) is 8.78 Å². The van der Waals surface area contributed by atoms with E-state index in [9.17, 15) is 4.39 Å². The summed E-state index contributed by atoms with van der Waals surface area (Å²) < 4.78 is 33.3. The van der Waals surface area contributed by atoms with Crippen LogP contribution < -0.4 is 4.74 Å². The third kappa shape index (κ3) is 6.92. The molecule has 168 valence electrons. The van der Waals surface area contributed by atoms with E-state index in [0.717, 1.165) is 55.7 Å². The third-order valence-corrected chi connectivity index (χ3v) is 6.22. The number of ether oxygens (including phenoxy) is 1. The molecule has 3 rings (SSSR count). The predicted molar refractivity (Wildman–Crippen MR) is 128 cm³/mol. The van der Waals surface area contributed by atoms with E-state index in [1.54, 1.807) is 0 Å². The summed E-state index contributed by atoms with van der Waals surface area (Å²) in [6, 6.07) is 18.3. The minimum atomic E-state index is -1.30. The van der Waals surface area contributed by atoms with Crippen molar-refractivity contribution in [2.45, 2.75) is 77.5 Å². The van der Waals surface area contributed by atoms with Gasteiger partial charge in [-0.3, -0.25) is 4.39 Å². The van der Waals surface area contributed by atoms with Crippen LogP contribution in [-0.2, 0) is 0 Å². The number of alkyl halides is 2. The van der Waals surface area contributed by atoms with Gasteiger partial charge in [-0.05, 0) is 52.9 Å². The minimum absolute atomic E-state index is 0.102. The van der Waals surface area contributed by atoms with Gasteiger partial charge in [-0.25, -0.2) is 4.39 Å². The molecule has 0 spiro atoms. The second kappa shape index (κ2) is 12.6. The largest absolute Gasteiger partial charge is 0.460 e. The summed E-state index contributed by atoms with van der Waals surface area (Å²) in [5.74, 6) is 0.487. The molecule has 3 aromatic rings. The Balaban J connectivity index is 1.65. The smallest absolute Gasteiger partial charge is 0.241 e. The summed E-state index contributed by atoms with van der Waals surface area (Å²) in [5, 5.41) is 4.62. The van der Waals surface area contributed by atoms with E-state index in [1.807, 2.05) is 30.3 Å². The highest BCUT2D eigenvalue weighted by molar-refractivity contribution is 6.07. The van der Waals surface area contributed by atoms with Gasteiger partial charge in [0.1, 0.15) is 5.75 Å². The first-order chi connectivity index (χ1) is 15.2. The molecule has 0 aliphatic carbocycles. The van der Waals surface area contributed by atoms with Crippen LogP contribution in [0.2, 0.25) is 0 Å². The van der Waals surface area contributed by atoms with Crippen LogP contribution in [-0.4, -0.2) is 13.0 Å². The van der Waals surface area contributed by atoms with Gasteiger partial charge in [0.25, 0.3) is 0 Å². The lowest BCUT2D eigenvalue weighted by Crippen LogP contribution is -2.22. The van der Waals surface area contributed by atoms with Gasteiger partial charge in [0.05, 0.1) is 6.67 Å². The Morgan fingerprint density at radius 1 is 0.742 bits per heavy atom. The number of hydrogen-bond donors (Lipinski definition) is 0.